The highest BCUT2D eigenvalue weighted by atomic mass is 19.4. The number of likely N-dealkylation sites (tertiary alicyclic amines) is 1. The van der Waals surface area contributed by atoms with Crippen LogP contribution in [0.25, 0.3) is 0 Å². The predicted molar refractivity (Wildman–Crippen MR) is 96.9 cm³/mol. The minimum atomic E-state index is -4.75. The number of rotatable bonds is 5. The van der Waals surface area contributed by atoms with E-state index in [9.17, 15) is 22.8 Å². The molecule has 0 bridgehead atoms. The van der Waals surface area contributed by atoms with Gasteiger partial charge >= 0.3 is 6.36 Å². The Balaban J connectivity index is 1.24. The van der Waals surface area contributed by atoms with E-state index in [2.05, 4.69) is 10.1 Å². The second-order valence-corrected chi connectivity index (χ2v) is 6.88. The van der Waals surface area contributed by atoms with Crippen molar-refractivity contribution in [2.75, 3.05) is 19.9 Å². The zero-order valence-electron chi connectivity index (χ0n) is 15.6. The van der Waals surface area contributed by atoms with Crippen molar-refractivity contribution in [1.82, 2.24) is 10.2 Å². The molecule has 0 saturated carbocycles. The maximum atomic E-state index is 12.5. The Morgan fingerprint density at radius 1 is 1.07 bits per heavy atom. The normalized spacial score (nSPS) is 15.5. The van der Waals surface area contributed by atoms with Crippen molar-refractivity contribution in [3.05, 3.63) is 53.6 Å². The summed E-state index contributed by atoms with van der Waals surface area (Å²) in [5.41, 5.74) is 1.09. The van der Waals surface area contributed by atoms with E-state index >= 15 is 0 Å². The van der Waals surface area contributed by atoms with E-state index in [1.807, 2.05) is 0 Å². The lowest BCUT2D eigenvalue weighted by molar-refractivity contribution is -0.274. The predicted octanol–water partition coefficient (Wildman–Crippen LogP) is 2.70. The Hall–Kier alpha value is -3.43. The number of benzene rings is 2. The summed E-state index contributed by atoms with van der Waals surface area (Å²) in [5, 5.41) is 2.73. The highest BCUT2D eigenvalue weighted by Gasteiger charge is 2.36. The van der Waals surface area contributed by atoms with E-state index in [0.717, 1.165) is 0 Å². The Kier molecular flexibility index (Phi) is 5.15. The third-order valence-electron chi connectivity index (χ3n) is 4.78. The molecule has 2 aromatic carbocycles. The molecule has 0 aromatic heterocycles. The number of halogens is 3. The first-order valence-corrected chi connectivity index (χ1v) is 9.10. The standard InChI is InChI=1S/C20H17F3N2O5/c21-20(22,23)30-15-4-1-12(2-5-15)8-24-18(26)14-9-25(10-14)19(27)13-3-6-16-17(7-13)29-11-28-16/h1-7,14H,8-11H2,(H,24,26). The minimum Gasteiger partial charge on any atom is -0.454 e. The molecule has 1 N–H and O–H groups in total. The van der Waals surface area contributed by atoms with Gasteiger partial charge in [-0.25, -0.2) is 0 Å². The van der Waals surface area contributed by atoms with Crippen molar-refractivity contribution < 1.29 is 37.0 Å². The van der Waals surface area contributed by atoms with Crippen molar-refractivity contribution in [3.8, 4) is 17.2 Å². The van der Waals surface area contributed by atoms with Crippen LogP contribution in [-0.2, 0) is 11.3 Å². The van der Waals surface area contributed by atoms with Crippen molar-refractivity contribution >= 4 is 11.8 Å². The Morgan fingerprint density at radius 3 is 2.47 bits per heavy atom. The summed E-state index contributed by atoms with van der Waals surface area (Å²) in [5.74, 6) is 0.0238. The van der Waals surface area contributed by atoms with Crippen molar-refractivity contribution in [2.24, 2.45) is 5.92 Å². The summed E-state index contributed by atoms with van der Waals surface area (Å²) in [6.07, 6.45) is -4.75. The van der Waals surface area contributed by atoms with E-state index in [4.69, 9.17) is 9.47 Å². The summed E-state index contributed by atoms with van der Waals surface area (Å²) in [6.45, 7) is 0.865. The molecule has 0 atom stereocenters. The van der Waals surface area contributed by atoms with Crippen LogP contribution in [0.5, 0.6) is 17.2 Å². The number of fused-ring (bicyclic) bond motifs is 1. The first kappa shape index (κ1) is 19.9. The van der Waals surface area contributed by atoms with Crippen molar-refractivity contribution in [3.63, 3.8) is 0 Å². The zero-order valence-corrected chi connectivity index (χ0v) is 15.6. The molecular weight excluding hydrogens is 405 g/mol. The van der Waals surface area contributed by atoms with Crippen LogP contribution in [0.3, 0.4) is 0 Å². The molecule has 0 radical (unpaired) electrons. The number of hydrogen-bond donors (Lipinski definition) is 1. The van der Waals surface area contributed by atoms with Gasteiger partial charge < -0.3 is 24.4 Å². The molecule has 158 valence electrons. The summed E-state index contributed by atoms with van der Waals surface area (Å²) >= 11 is 0. The van der Waals surface area contributed by atoms with Crippen LogP contribution >= 0.6 is 0 Å². The van der Waals surface area contributed by atoms with E-state index < -0.39 is 6.36 Å². The summed E-state index contributed by atoms with van der Waals surface area (Å²) in [6, 6.07) is 10.2. The largest absolute Gasteiger partial charge is 0.573 e. The Labute approximate surface area is 169 Å². The Morgan fingerprint density at radius 2 is 1.77 bits per heavy atom. The summed E-state index contributed by atoms with van der Waals surface area (Å²) < 4.78 is 50.8. The van der Waals surface area contributed by atoms with Gasteiger partial charge in [-0.2, -0.15) is 0 Å². The number of carbonyl (C=O) groups is 2. The molecule has 2 aromatic rings. The SMILES string of the molecule is O=C(NCc1ccc(OC(F)(F)F)cc1)C1CN(C(=O)c2ccc3c(c2)OCO3)C1. The fourth-order valence-electron chi connectivity index (χ4n) is 3.16. The highest BCUT2D eigenvalue weighted by molar-refractivity contribution is 5.96. The number of amides is 2. The first-order chi connectivity index (χ1) is 14.3. The molecule has 0 unspecified atom stereocenters. The monoisotopic (exact) mass is 422 g/mol. The van der Waals surface area contributed by atoms with Gasteiger partial charge in [0.15, 0.2) is 11.5 Å². The van der Waals surface area contributed by atoms with Gasteiger partial charge in [-0.05, 0) is 35.9 Å². The van der Waals surface area contributed by atoms with Crippen LogP contribution in [0.4, 0.5) is 13.2 Å². The van der Waals surface area contributed by atoms with Crippen LogP contribution in [0.15, 0.2) is 42.5 Å². The number of nitrogens with zero attached hydrogens (tertiary/aromatic N) is 1. The lowest BCUT2D eigenvalue weighted by atomic mass is 9.97. The topological polar surface area (TPSA) is 77.1 Å². The molecule has 0 aliphatic carbocycles. The fraction of sp³-hybridized carbons (Fsp3) is 0.300. The fourth-order valence-corrected chi connectivity index (χ4v) is 3.16. The van der Waals surface area contributed by atoms with Crippen LogP contribution in [0.2, 0.25) is 0 Å². The van der Waals surface area contributed by atoms with E-state index in [1.54, 1.807) is 23.1 Å². The van der Waals surface area contributed by atoms with Gasteiger partial charge in [0.05, 0.1) is 5.92 Å². The molecule has 1 fully saturated rings. The maximum Gasteiger partial charge on any atom is 0.573 e. The molecule has 1 saturated heterocycles. The lowest BCUT2D eigenvalue weighted by Crippen LogP contribution is -2.55. The van der Waals surface area contributed by atoms with Crippen LogP contribution in [-0.4, -0.2) is 43.0 Å². The van der Waals surface area contributed by atoms with Gasteiger partial charge in [0.25, 0.3) is 5.91 Å². The number of carbonyl (C=O) groups excluding carboxylic acids is 2. The lowest BCUT2D eigenvalue weighted by Gasteiger charge is -2.38. The van der Waals surface area contributed by atoms with Gasteiger partial charge in [0.1, 0.15) is 5.75 Å². The molecule has 2 amide bonds. The Bertz CT molecular complexity index is 956. The molecule has 30 heavy (non-hydrogen) atoms. The van der Waals surface area contributed by atoms with Crippen LogP contribution < -0.4 is 19.5 Å². The van der Waals surface area contributed by atoms with Gasteiger partial charge in [0.2, 0.25) is 12.7 Å². The molecule has 4 rings (SSSR count). The van der Waals surface area contributed by atoms with Crippen LogP contribution in [0, 0.1) is 5.92 Å². The molecule has 2 heterocycles. The first-order valence-electron chi connectivity index (χ1n) is 9.10. The van der Waals surface area contributed by atoms with Gasteiger partial charge in [-0.1, -0.05) is 12.1 Å². The summed E-state index contributed by atoms with van der Waals surface area (Å²) in [7, 11) is 0. The number of hydrogen-bond acceptors (Lipinski definition) is 5. The highest BCUT2D eigenvalue weighted by Crippen LogP contribution is 2.33. The number of alkyl halides is 3. The third kappa shape index (κ3) is 4.42. The molecule has 7 nitrogen and oxygen atoms in total. The third-order valence-corrected chi connectivity index (χ3v) is 4.78. The van der Waals surface area contributed by atoms with Gasteiger partial charge in [-0.3, -0.25) is 9.59 Å². The average molecular weight is 422 g/mol. The molecule has 2 aliphatic heterocycles. The van der Waals surface area contributed by atoms with E-state index in [1.165, 1.54) is 24.3 Å². The molecule has 0 spiro atoms. The van der Waals surface area contributed by atoms with Crippen molar-refractivity contribution in [2.45, 2.75) is 12.9 Å². The van der Waals surface area contributed by atoms with E-state index in [-0.39, 0.29) is 49.9 Å². The second-order valence-electron chi connectivity index (χ2n) is 6.88. The number of ether oxygens (including phenoxy) is 3. The summed E-state index contributed by atoms with van der Waals surface area (Å²) in [4.78, 5) is 26.3. The van der Waals surface area contributed by atoms with Gasteiger partial charge in [-0.15, -0.1) is 13.2 Å². The average Bonchev–Trinajstić information content (AvgIpc) is 3.12. The smallest absolute Gasteiger partial charge is 0.454 e. The van der Waals surface area contributed by atoms with E-state index in [0.29, 0.717) is 22.6 Å². The molecule has 10 heteroatoms. The van der Waals surface area contributed by atoms with Crippen molar-refractivity contribution in [1.29, 1.82) is 0 Å². The zero-order chi connectivity index (χ0) is 21.3. The van der Waals surface area contributed by atoms with Gasteiger partial charge in [0, 0.05) is 25.2 Å². The molecule has 2 aliphatic rings. The second kappa shape index (κ2) is 7.77. The number of nitrogens with one attached hydrogen (secondary N) is 1. The quantitative estimate of drug-likeness (QED) is 0.802. The maximum absolute atomic E-state index is 12.5. The molecular formula is C20H17F3N2O5. The van der Waals surface area contributed by atoms with Crippen LogP contribution in [0.1, 0.15) is 15.9 Å². The minimum absolute atomic E-state index is 0.122.